The first-order valence-electron chi connectivity index (χ1n) is 8.61. The van der Waals surface area contributed by atoms with Crippen molar-refractivity contribution < 1.29 is 4.79 Å². The number of aromatic nitrogens is 1. The summed E-state index contributed by atoms with van der Waals surface area (Å²) in [6.45, 7) is 8.37. The number of carbonyl (C=O) groups is 1. The summed E-state index contributed by atoms with van der Waals surface area (Å²) in [4.78, 5) is 16.8. The van der Waals surface area contributed by atoms with Gasteiger partial charge in [-0.25, -0.2) is 0 Å². The van der Waals surface area contributed by atoms with Crippen molar-refractivity contribution in [1.82, 2.24) is 10.3 Å². The highest BCUT2D eigenvalue weighted by Gasteiger charge is 2.17. The molecule has 0 spiro atoms. The third-order valence-electron chi connectivity index (χ3n) is 4.40. The van der Waals surface area contributed by atoms with Crippen LogP contribution in [0.15, 0.2) is 36.7 Å². The van der Waals surface area contributed by atoms with Crippen molar-refractivity contribution in [3.63, 3.8) is 0 Å². The van der Waals surface area contributed by atoms with Crippen molar-refractivity contribution in [2.45, 2.75) is 39.7 Å². The fourth-order valence-corrected chi connectivity index (χ4v) is 3.26. The van der Waals surface area contributed by atoms with Crippen LogP contribution < -0.4 is 10.6 Å². The number of rotatable bonds is 4. The van der Waals surface area contributed by atoms with Crippen LogP contribution >= 0.6 is 0 Å². The lowest BCUT2D eigenvalue weighted by Crippen LogP contribution is -2.27. The molecule has 0 saturated carbocycles. The third-order valence-corrected chi connectivity index (χ3v) is 4.40. The summed E-state index contributed by atoms with van der Waals surface area (Å²) in [5, 5.41) is 6.36. The number of fused-ring (bicyclic) bond motifs is 1. The maximum absolute atomic E-state index is 12.6. The highest BCUT2D eigenvalue weighted by molar-refractivity contribution is 6.04. The molecule has 1 aliphatic heterocycles. The number of hydrogen-bond acceptors (Lipinski definition) is 3. The molecule has 24 heavy (non-hydrogen) atoms. The molecule has 0 radical (unpaired) electrons. The van der Waals surface area contributed by atoms with E-state index in [9.17, 15) is 4.79 Å². The van der Waals surface area contributed by atoms with Gasteiger partial charge in [-0.15, -0.1) is 0 Å². The first kappa shape index (κ1) is 16.7. The normalized spacial score (nSPS) is 16.8. The van der Waals surface area contributed by atoms with Crippen molar-refractivity contribution in [3.8, 4) is 0 Å². The Morgan fingerprint density at radius 2 is 2.17 bits per heavy atom. The van der Waals surface area contributed by atoms with Gasteiger partial charge in [-0.3, -0.25) is 9.78 Å². The fraction of sp³-hybridized carbons (Fsp3) is 0.400. The van der Waals surface area contributed by atoms with E-state index in [1.807, 2.05) is 24.4 Å². The van der Waals surface area contributed by atoms with E-state index in [2.05, 4.69) is 42.5 Å². The van der Waals surface area contributed by atoms with E-state index >= 15 is 0 Å². The van der Waals surface area contributed by atoms with E-state index in [0.29, 0.717) is 17.4 Å². The fourth-order valence-electron chi connectivity index (χ4n) is 3.26. The highest BCUT2D eigenvalue weighted by atomic mass is 16.1. The smallest absolute Gasteiger partial charge is 0.255 e. The third kappa shape index (κ3) is 3.82. The average molecular weight is 323 g/mol. The number of benzene rings is 1. The van der Waals surface area contributed by atoms with Crippen molar-refractivity contribution in [2.75, 3.05) is 11.9 Å². The Bertz CT molecular complexity index is 739. The van der Waals surface area contributed by atoms with Gasteiger partial charge in [0.1, 0.15) is 0 Å². The van der Waals surface area contributed by atoms with Gasteiger partial charge in [0, 0.05) is 24.8 Å². The second-order valence-electron chi connectivity index (χ2n) is 7.08. The molecule has 1 amide bonds. The molecule has 4 nitrogen and oxygen atoms in total. The number of hydrogen-bond donors (Lipinski definition) is 2. The largest absolute Gasteiger partial charge is 0.321 e. The van der Waals surface area contributed by atoms with Gasteiger partial charge < -0.3 is 10.6 Å². The Balaban J connectivity index is 1.75. The first-order chi connectivity index (χ1) is 11.5. The number of anilines is 1. The van der Waals surface area contributed by atoms with Gasteiger partial charge in [0.2, 0.25) is 0 Å². The Kier molecular flexibility index (Phi) is 4.95. The molecule has 0 fully saturated rings. The molecule has 1 aromatic heterocycles. The molecule has 1 aromatic carbocycles. The van der Waals surface area contributed by atoms with Crippen molar-refractivity contribution in [3.05, 3.63) is 58.9 Å². The molecule has 2 N–H and O–H groups in total. The van der Waals surface area contributed by atoms with E-state index in [4.69, 9.17) is 0 Å². The van der Waals surface area contributed by atoms with Crippen LogP contribution in [0.3, 0.4) is 0 Å². The van der Waals surface area contributed by atoms with Crippen LogP contribution in [0.25, 0.3) is 0 Å². The van der Waals surface area contributed by atoms with E-state index in [1.165, 1.54) is 11.1 Å². The van der Waals surface area contributed by atoms with Gasteiger partial charge in [-0.2, -0.15) is 0 Å². The van der Waals surface area contributed by atoms with Crippen LogP contribution in [0.4, 0.5) is 5.69 Å². The summed E-state index contributed by atoms with van der Waals surface area (Å²) in [7, 11) is 0. The lowest BCUT2D eigenvalue weighted by Gasteiger charge is -2.23. The zero-order chi connectivity index (χ0) is 17.1. The van der Waals surface area contributed by atoms with E-state index in [1.54, 1.807) is 6.20 Å². The van der Waals surface area contributed by atoms with Gasteiger partial charge >= 0.3 is 0 Å². The number of nitrogens with one attached hydrogen (secondary N) is 2. The number of pyridine rings is 1. The van der Waals surface area contributed by atoms with Crippen LogP contribution in [0, 0.1) is 5.92 Å². The monoisotopic (exact) mass is 323 g/mol. The first-order valence-corrected chi connectivity index (χ1v) is 8.61. The minimum absolute atomic E-state index is 0.0838. The second kappa shape index (κ2) is 7.14. The van der Waals surface area contributed by atoms with Crippen LogP contribution in [-0.4, -0.2) is 17.4 Å². The molecule has 0 aliphatic carbocycles. The molecule has 2 heterocycles. The molecule has 2 aromatic rings. The summed E-state index contributed by atoms with van der Waals surface area (Å²) >= 11 is 0. The average Bonchev–Trinajstić information content (AvgIpc) is 2.54. The molecule has 1 aliphatic rings. The van der Waals surface area contributed by atoms with Crippen molar-refractivity contribution in [1.29, 1.82) is 0 Å². The second-order valence-corrected chi connectivity index (χ2v) is 7.08. The van der Waals surface area contributed by atoms with Crippen molar-refractivity contribution >= 4 is 11.6 Å². The zero-order valence-electron chi connectivity index (χ0n) is 14.6. The summed E-state index contributed by atoms with van der Waals surface area (Å²) < 4.78 is 0. The highest BCUT2D eigenvalue weighted by Crippen LogP contribution is 2.24. The summed E-state index contributed by atoms with van der Waals surface area (Å²) in [5.74, 6) is 0.968. The summed E-state index contributed by atoms with van der Waals surface area (Å²) in [5.41, 5.74) is 5.14. The number of amides is 1. The van der Waals surface area contributed by atoms with Gasteiger partial charge in [0.05, 0.1) is 11.9 Å². The maximum atomic E-state index is 12.6. The molecular formula is C20H25N3O. The molecule has 4 heteroatoms. The molecule has 3 rings (SSSR count). The lowest BCUT2D eigenvalue weighted by atomic mass is 9.91. The predicted molar refractivity (Wildman–Crippen MR) is 97.3 cm³/mol. The predicted octanol–water partition coefficient (Wildman–Crippen LogP) is 3.74. The van der Waals surface area contributed by atoms with Crippen LogP contribution in [0.5, 0.6) is 0 Å². The quantitative estimate of drug-likeness (QED) is 0.901. The van der Waals surface area contributed by atoms with Gasteiger partial charge in [0.15, 0.2) is 0 Å². The van der Waals surface area contributed by atoms with Gasteiger partial charge in [0.25, 0.3) is 5.91 Å². The molecular weight excluding hydrogens is 298 g/mol. The van der Waals surface area contributed by atoms with Gasteiger partial charge in [-0.1, -0.05) is 26.8 Å². The summed E-state index contributed by atoms with van der Waals surface area (Å²) in [6, 6.07) is 8.01. The SMILES string of the molecule is CC(C)Cc1cncc(NC(=O)c2ccc3c(c2)CNCC3C)c1. The standard InChI is InChI=1S/C20H25N3O/c1-13(2)6-15-7-18(12-22-10-15)23-20(24)16-4-5-19-14(3)9-21-11-17(19)8-16/h4-5,7-8,10,12-14,21H,6,9,11H2,1-3H3,(H,23,24). The van der Waals surface area contributed by atoms with Crippen molar-refractivity contribution in [2.24, 2.45) is 5.92 Å². The minimum Gasteiger partial charge on any atom is -0.321 e. The maximum Gasteiger partial charge on any atom is 0.255 e. The van der Waals surface area contributed by atoms with E-state index < -0.39 is 0 Å². The van der Waals surface area contributed by atoms with Crippen LogP contribution in [0.2, 0.25) is 0 Å². The number of nitrogens with zero attached hydrogens (tertiary/aromatic N) is 1. The Labute approximate surface area is 143 Å². The minimum atomic E-state index is -0.0838. The van der Waals surface area contributed by atoms with E-state index in [-0.39, 0.29) is 5.91 Å². The van der Waals surface area contributed by atoms with Gasteiger partial charge in [-0.05, 0) is 53.1 Å². The molecule has 0 bridgehead atoms. The van der Waals surface area contributed by atoms with E-state index in [0.717, 1.165) is 30.8 Å². The van der Waals surface area contributed by atoms with Crippen LogP contribution in [-0.2, 0) is 13.0 Å². The lowest BCUT2D eigenvalue weighted by molar-refractivity contribution is 0.102. The topological polar surface area (TPSA) is 54.0 Å². The Hall–Kier alpha value is -2.20. The Morgan fingerprint density at radius 3 is 2.96 bits per heavy atom. The molecule has 0 saturated heterocycles. The zero-order valence-corrected chi connectivity index (χ0v) is 14.6. The number of carbonyl (C=O) groups excluding carboxylic acids is 1. The summed E-state index contributed by atoms with van der Waals surface area (Å²) in [6.07, 6.45) is 4.52. The Morgan fingerprint density at radius 1 is 1.33 bits per heavy atom. The molecule has 126 valence electrons. The molecule has 1 unspecified atom stereocenters. The molecule has 1 atom stereocenters. The van der Waals surface area contributed by atoms with Crippen LogP contribution in [0.1, 0.15) is 53.7 Å².